The number of benzene rings is 1. The summed E-state index contributed by atoms with van der Waals surface area (Å²) in [6.45, 7) is 3.94. The Labute approximate surface area is 141 Å². The van der Waals surface area contributed by atoms with Gasteiger partial charge in [-0.2, -0.15) is 0 Å². The van der Waals surface area contributed by atoms with E-state index >= 15 is 0 Å². The molecule has 7 nitrogen and oxygen atoms in total. The van der Waals surface area contributed by atoms with E-state index < -0.39 is 0 Å². The van der Waals surface area contributed by atoms with Crippen molar-refractivity contribution < 1.29 is 19.1 Å². The van der Waals surface area contributed by atoms with Crippen LogP contribution in [0.4, 0.5) is 5.69 Å². The second-order valence-corrected chi connectivity index (χ2v) is 5.88. The van der Waals surface area contributed by atoms with Crippen molar-refractivity contribution >= 4 is 17.5 Å². The minimum absolute atomic E-state index is 0.109. The number of anilines is 1. The number of aryl methyl sites for hydroxylation is 1. The van der Waals surface area contributed by atoms with E-state index in [-0.39, 0.29) is 24.9 Å². The summed E-state index contributed by atoms with van der Waals surface area (Å²) in [5.74, 6) is 0.582. The largest absolute Gasteiger partial charge is 0.493 e. The molecule has 1 aromatic rings. The Hall–Kier alpha value is -2.12. The topological polar surface area (TPSA) is 103 Å². The van der Waals surface area contributed by atoms with Crippen molar-refractivity contribution in [3.63, 3.8) is 0 Å². The van der Waals surface area contributed by atoms with Crippen molar-refractivity contribution in [2.24, 2.45) is 11.7 Å². The molecule has 0 atom stereocenters. The van der Waals surface area contributed by atoms with Gasteiger partial charge in [0, 0.05) is 25.0 Å². The van der Waals surface area contributed by atoms with Gasteiger partial charge < -0.3 is 25.8 Å². The van der Waals surface area contributed by atoms with E-state index in [9.17, 15) is 9.59 Å². The normalized spacial score (nSPS) is 14.9. The molecular weight excluding hydrogens is 310 g/mol. The monoisotopic (exact) mass is 335 g/mol. The molecular formula is C17H25N3O4. The maximum Gasteiger partial charge on any atom is 0.243 e. The zero-order valence-electron chi connectivity index (χ0n) is 14.0. The van der Waals surface area contributed by atoms with Crippen LogP contribution in [0, 0.1) is 12.8 Å². The summed E-state index contributed by atoms with van der Waals surface area (Å²) in [5.41, 5.74) is 6.82. The summed E-state index contributed by atoms with van der Waals surface area (Å²) in [7, 11) is 0. The molecule has 1 fully saturated rings. The Morgan fingerprint density at radius 1 is 1.29 bits per heavy atom. The minimum atomic E-state index is -0.366. The highest BCUT2D eigenvalue weighted by Crippen LogP contribution is 2.24. The average Bonchev–Trinajstić information content (AvgIpc) is 2.61. The number of rotatable bonds is 7. The fourth-order valence-corrected chi connectivity index (χ4v) is 2.41. The molecule has 0 radical (unpaired) electrons. The molecule has 0 aliphatic carbocycles. The van der Waals surface area contributed by atoms with Gasteiger partial charge in [0.2, 0.25) is 11.8 Å². The molecule has 0 unspecified atom stereocenters. The molecule has 24 heavy (non-hydrogen) atoms. The van der Waals surface area contributed by atoms with Crippen LogP contribution in [0.5, 0.6) is 5.75 Å². The first-order chi connectivity index (χ1) is 11.6. The van der Waals surface area contributed by atoms with Crippen LogP contribution in [0.1, 0.15) is 18.4 Å². The number of carbonyl (C=O) groups is 2. The van der Waals surface area contributed by atoms with Crippen LogP contribution in [-0.2, 0) is 14.3 Å². The maximum absolute atomic E-state index is 11.8. The Morgan fingerprint density at radius 2 is 2.04 bits per heavy atom. The Bertz CT molecular complexity index is 571. The van der Waals surface area contributed by atoms with Crippen molar-refractivity contribution in [3.05, 3.63) is 23.8 Å². The third-order valence-electron chi connectivity index (χ3n) is 3.92. The molecule has 4 N–H and O–H groups in total. The van der Waals surface area contributed by atoms with E-state index in [1.165, 1.54) is 0 Å². The molecule has 0 spiro atoms. The molecule has 0 aromatic heterocycles. The van der Waals surface area contributed by atoms with E-state index in [0.717, 1.165) is 37.4 Å². The lowest BCUT2D eigenvalue weighted by Crippen LogP contribution is -2.36. The van der Waals surface area contributed by atoms with Gasteiger partial charge in [0.25, 0.3) is 0 Å². The fourth-order valence-electron chi connectivity index (χ4n) is 2.41. The van der Waals surface area contributed by atoms with Crippen molar-refractivity contribution in [1.82, 2.24) is 5.32 Å². The van der Waals surface area contributed by atoms with Gasteiger partial charge >= 0.3 is 0 Å². The number of hydrogen-bond acceptors (Lipinski definition) is 5. The summed E-state index contributed by atoms with van der Waals surface area (Å²) in [6, 6.07) is 5.50. The van der Waals surface area contributed by atoms with Crippen LogP contribution in [0.15, 0.2) is 18.2 Å². The predicted molar refractivity (Wildman–Crippen MR) is 90.9 cm³/mol. The zero-order chi connectivity index (χ0) is 17.4. The quantitative estimate of drug-likeness (QED) is 0.684. The fraction of sp³-hybridized carbons (Fsp3) is 0.529. The molecule has 0 bridgehead atoms. The minimum Gasteiger partial charge on any atom is -0.493 e. The summed E-state index contributed by atoms with van der Waals surface area (Å²) in [6.07, 6.45) is 2.02. The van der Waals surface area contributed by atoms with Gasteiger partial charge in [-0.05, 0) is 37.3 Å². The highest BCUT2D eigenvalue weighted by atomic mass is 16.5. The van der Waals surface area contributed by atoms with Crippen LogP contribution < -0.4 is 21.1 Å². The molecule has 1 aliphatic heterocycles. The molecule has 1 heterocycles. The summed E-state index contributed by atoms with van der Waals surface area (Å²) in [4.78, 5) is 22.9. The van der Waals surface area contributed by atoms with Crippen molar-refractivity contribution in [2.45, 2.75) is 19.8 Å². The van der Waals surface area contributed by atoms with Crippen molar-refractivity contribution in [3.8, 4) is 5.75 Å². The molecule has 1 saturated heterocycles. The van der Waals surface area contributed by atoms with Gasteiger partial charge in [0.1, 0.15) is 5.75 Å². The third kappa shape index (κ3) is 5.82. The van der Waals surface area contributed by atoms with E-state index in [0.29, 0.717) is 18.2 Å². The lowest BCUT2D eigenvalue weighted by molar-refractivity contribution is -0.123. The third-order valence-corrected chi connectivity index (χ3v) is 3.92. The molecule has 132 valence electrons. The van der Waals surface area contributed by atoms with Gasteiger partial charge in [0.15, 0.2) is 0 Å². The maximum atomic E-state index is 11.8. The van der Waals surface area contributed by atoms with E-state index in [4.69, 9.17) is 15.2 Å². The number of nitrogens with two attached hydrogens (primary N) is 1. The van der Waals surface area contributed by atoms with Crippen LogP contribution >= 0.6 is 0 Å². The number of hydrogen-bond donors (Lipinski definition) is 3. The number of amides is 2. The molecule has 0 saturated carbocycles. The first-order valence-electron chi connectivity index (χ1n) is 8.16. The molecule has 2 amide bonds. The smallest absolute Gasteiger partial charge is 0.243 e. The second kappa shape index (κ2) is 9.24. The van der Waals surface area contributed by atoms with Crippen LogP contribution in [-0.4, -0.2) is 44.7 Å². The predicted octanol–water partition coefficient (Wildman–Crippen LogP) is 0.814. The SMILES string of the molecule is Cc1ccc(NC(=O)CNC(=O)CN)cc1OCC1CCOCC1. The number of carbonyl (C=O) groups excluding carboxylic acids is 2. The van der Waals surface area contributed by atoms with Gasteiger partial charge in [-0.25, -0.2) is 0 Å². The first-order valence-corrected chi connectivity index (χ1v) is 8.16. The lowest BCUT2D eigenvalue weighted by Gasteiger charge is -2.22. The summed E-state index contributed by atoms with van der Waals surface area (Å²) >= 11 is 0. The molecule has 1 aromatic carbocycles. The summed E-state index contributed by atoms with van der Waals surface area (Å²) < 4.78 is 11.3. The Kier molecular flexibility index (Phi) is 7.02. The van der Waals surface area contributed by atoms with Crippen molar-refractivity contribution in [1.29, 1.82) is 0 Å². The zero-order valence-corrected chi connectivity index (χ0v) is 14.0. The average molecular weight is 335 g/mol. The van der Waals surface area contributed by atoms with Crippen LogP contribution in [0.2, 0.25) is 0 Å². The highest BCUT2D eigenvalue weighted by Gasteiger charge is 2.15. The molecule has 1 aliphatic rings. The van der Waals surface area contributed by atoms with Gasteiger partial charge in [-0.1, -0.05) is 6.07 Å². The van der Waals surface area contributed by atoms with Crippen molar-refractivity contribution in [2.75, 3.05) is 38.2 Å². The number of nitrogens with one attached hydrogen (secondary N) is 2. The van der Waals surface area contributed by atoms with E-state index in [1.54, 1.807) is 12.1 Å². The first kappa shape index (κ1) is 18.2. The lowest BCUT2D eigenvalue weighted by atomic mass is 10.0. The van der Waals surface area contributed by atoms with Gasteiger partial charge in [0.05, 0.1) is 19.7 Å². The van der Waals surface area contributed by atoms with Gasteiger partial charge in [-0.3, -0.25) is 9.59 Å². The van der Waals surface area contributed by atoms with E-state index in [1.807, 2.05) is 13.0 Å². The van der Waals surface area contributed by atoms with E-state index in [2.05, 4.69) is 10.6 Å². The molecule has 2 rings (SSSR count). The summed E-state index contributed by atoms with van der Waals surface area (Å²) in [5, 5.41) is 5.16. The standard InChI is InChI=1S/C17H25N3O4/c1-12-2-3-14(20-17(22)10-19-16(21)9-18)8-15(12)24-11-13-4-6-23-7-5-13/h2-3,8,13H,4-7,9-11,18H2,1H3,(H,19,21)(H,20,22). The van der Waals surface area contributed by atoms with Crippen LogP contribution in [0.25, 0.3) is 0 Å². The molecule has 7 heteroatoms. The van der Waals surface area contributed by atoms with Crippen LogP contribution in [0.3, 0.4) is 0 Å². The number of ether oxygens (including phenoxy) is 2. The highest BCUT2D eigenvalue weighted by molar-refractivity contribution is 5.94. The van der Waals surface area contributed by atoms with Gasteiger partial charge in [-0.15, -0.1) is 0 Å². The Balaban J connectivity index is 1.87. The second-order valence-electron chi connectivity index (χ2n) is 5.88. The Morgan fingerprint density at radius 3 is 2.75 bits per heavy atom.